The number of carbonyl (C=O) groups is 2. The molecule has 0 spiro atoms. The van der Waals surface area contributed by atoms with Crippen LogP contribution < -0.4 is 5.73 Å². The van der Waals surface area contributed by atoms with E-state index in [1.54, 1.807) is 0 Å². The number of benzene rings is 1. The monoisotopic (exact) mass is 438 g/mol. The van der Waals surface area contributed by atoms with Crippen LogP contribution in [0.5, 0.6) is 0 Å². The summed E-state index contributed by atoms with van der Waals surface area (Å²) >= 11 is 0. The second-order valence-electron chi connectivity index (χ2n) is 5.55. The summed E-state index contributed by atoms with van der Waals surface area (Å²) in [5.41, 5.74) is 5.54. The molecule has 0 aromatic heterocycles. The number of alkyl halides is 3. The first-order valence-electron chi connectivity index (χ1n) is 10.1. The first-order valence-corrected chi connectivity index (χ1v) is 8.60. The predicted octanol–water partition coefficient (Wildman–Crippen LogP) is 2.91. The maximum absolute atomic E-state index is 12.6. The van der Waals surface area contributed by atoms with Crippen molar-refractivity contribution in [3.8, 4) is 0 Å². The minimum atomic E-state index is -4.40. The third-order valence-electron chi connectivity index (χ3n) is 3.21. The van der Waals surface area contributed by atoms with Gasteiger partial charge >= 0.3 is 18.1 Å². The van der Waals surface area contributed by atoms with Crippen LogP contribution >= 0.6 is 0 Å². The fourth-order valence-electron chi connectivity index (χ4n) is 1.88. The molecular formula is C19H25F3N2O6. The van der Waals surface area contributed by atoms with Crippen molar-refractivity contribution in [2.24, 2.45) is 10.9 Å². The van der Waals surface area contributed by atoms with E-state index in [1.807, 2.05) is 0 Å². The van der Waals surface area contributed by atoms with Gasteiger partial charge in [0.1, 0.15) is 6.61 Å². The molecular weight excluding hydrogens is 410 g/mol. The highest BCUT2D eigenvalue weighted by Gasteiger charge is 2.30. The van der Waals surface area contributed by atoms with Crippen LogP contribution in [0.4, 0.5) is 13.2 Å². The van der Waals surface area contributed by atoms with Crippen LogP contribution in [-0.2, 0) is 25.3 Å². The molecule has 1 rings (SSSR count). The summed E-state index contributed by atoms with van der Waals surface area (Å²) < 4.78 is 63.3. The summed E-state index contributed by atoms with van der Waals surface area (Å²) in [5, 5.41) is 19.5. The Morgan fingerprint density at radius 3 is 2.20 bits per heavy atom. The van der Waals surface area contributed by atoms with Gasteiger partial charge in [-0.1, -0.05) is 17.3 Å². The third kappa shape index (κ3) is 13.3. The normalized spacial score (nSPS) is 13.6. The Morgan fingerprint density at radius 1 is 1.13 bits per heavy atom. The summed E-state index contributed by atoms with van der Waals surface area (Å²) in [6.07, 6.45) is -1.87. The first kappa shape index (κ1) is 21.8. The van der Waals surface area contributed by atoms with Gasteiger partial charge in [-0.05, 0) is 37.0 Å². The molecule has 30 heavy (non-hydrogen) atoms. The van der Waals surface area contributed by atoms with E-state index in [0.717, 1.165) is 12.1 Å². The average molecular weight is 438 g/mol. The molecule has 1 aromatic carbocycles. The molecule has 0 amide bonds. The highest BCUT2D eigenvalue weighted by Crippen LogP contribution is 2.29. The van der Waals surface area contributed by atoms with Gasteiger partial charge in [0, 0.05) is 32.3 Å². The topological polar surface area (TPSA) is 131 Å². The van der Waals surface area contributed by atoms with Gasteiger partial charge < -0.3 is 25.5 Å². The Balaban J connectivity index is 0.00000109. The number of hydrogen-bond acceptors (Lipinski definition) is 6. The van der Waals surface area contributed by atoms with Crippen LogP contribution in [0.2, 0.25) is 0 Å². The van der Waals surface area contributed by atoms with Crippen LogP contribution in [0, 0.1) is 0 Å². The lowest BCUT2D eigenvalue weighted by atomic mass is 10.0. The van der Waals surface area contributed by atoms with Crippen LogP contribution in [0.3, 0.4) is 0 Å². The van der Waals surface area contributed by atoms with E-state index in [2.05, 4.69) is 9.89 Å². The van der Waals surface area contributed by atoms with Gasteiger partial charge in [0.05, 0.1) is 15.4 Å². The van der Waals surface area contributed by atoms with Crippen molar-refractivity contribution in [1.29, 1.82) is 0 Å². The SMILES string of the molecule is O=C(O)/C=C\C(=O)O.[2H][13C]([2H])([2H])OCCCC/C(=N/OCCN)c1ccc(C(F)(F)F)cc1. The van der Waals surface area contributed by atoms with Gasteiger partial charge in [-0.3, -0.25) is 0 Å². The number of methoxy groups -OCH3 is 1. The lowest BCUT2D eigenvalue weighted by Crippen LogP contribution is -2.09. The molecule has 0 aliphatic heterocycles. The van der Waals surface area contributed by atoms with Gasteiger partial charge in [-0.25, -0.2) is 9.59 Å². The number of aliphatic carboxylic acids is 2. The number of hydrogen-bond donors (Lipinski definition) is 3. The highest BCUT2D eigenvalue weighted by atomic mass is 19.4. The first-order chi connectivity index (χ1) is 15.3. The van der Waals surface area contributed by atoms with Crippen molar-refractivity contribution < 1.29 is 46.7 Å². The van der Waals surface area contributed by atoms with Crippen molar-refractivity contribution in [3.05, 3.63) is 47.5 Å². The van der Waals surface area contributed by atoms with Crippen molar-refractivity contribution >= 4 is 17.7 Å². The molecule has 4 N–H and O–H groups in total. The largest absolute Gasteiger partial charge is 0.478 e. The molecule has 168 valence electrons. The van der Waals surface area contributed by atoms with Crippen molar-refractivity contribution in [3.63, 3.8) is 0 Å². The molecule has 0 heterocycles. The van der Waals surface area contributed by atoms with Gasteiger partial charge in [-0.2, -0.15) is 13.2 Å². The lowest BCUT2D eigenvalue weighted by Gasteiger charge is -2.10. The number of nitrogens with two attached hydrogens (primary N) is 1. The fourth-order valence-corrected chi connectivity index (χ4v) is 1.88. The zero-order valence-electron chi connectivity index (χ0n) is 18.9. The van der Waals surface area contributed by atoms with E-state index in [-0.39, 0.29) is 19.8 Å². The molecule has 0 saturated heterocycles. The maximum atomic E-state index is 12.6. The minimum absolute atomic E-state index is 0.0560. The lowest BCUT2D eigenvalue weighted by molar-refractivity contribution is -0.137. The molecule has 0 saturated carbocycles. The van der Waals surface area contributed by atoms with E-state index in [9.17, 15) is 22.8 Å². The van der Waals surface area contributed by atoms with E-state index < -0.39 is 30.7 Å². The summed E-state index contributed by atoms with van der Waals surface area (Å²) in [7, 11) is -2.44. The molecule has 0 bridgehead atoms. The minimum Gasteiger partial charge on any atom is -0.478 e. The summed E-state index contributed by atoms with van der Waals surface area (Å²) in [6, 6.07) is 4.61. The van der Waals surface area contributed by atoms with E-state index in [4.69, 9.17) is 24.9 Å². The molecule has 1 aromatic rings. The third-order valence-corrected chi connectivity index (χ3v) is 3.21. The Hall–Kier alpha value is -2.92. The Kier molecular flexibility index (Phi) is 10.9. The second kappa shape index (κ2) is 15.0. The maximum Gasteiger partial charge on any atom is 0.416 e. The number of ether oxygens (including phenoxy) is 1. The van der Waals surface area contributed by atoms with Crippen LogP contribution in [0.1, 0.15) is 34.5 Å². The molecule has 0 fully saturated rings. The van der Waals surface area contributed by atoms with E-state index in [1.165, 1.54) is 12.1 Å². The van der Waals surface area contributed by atoms with Crippen LogP contribution in [0.25, 0.3) is 0 Å². The summed E-state index contributed by atoms with van der Waals surface area (Å²) in [5.74, 6) is -2.51. The second-order valence-corrected chi connectivity index (χ2v) is 5.55. The Morgan fingerprint density at radius 2 is 1.73 bits per heavy atom. The quantitative estimate of drug-likeness (QED) is 0.159. The number of unbranched alkanes of at least 4 members (excludes halogenated alkanes) is 1. The highest BCUT2D eigenvalue weighted by molar-refractivity contribution is 6.00. The molecule has 11 heteroatoms. The molecule has 0 atom stereocenters. The molecule has 0 aliphatic carbocycles. The molecule has 0 radical (unpaired) electrons. The van der Waals surface area contributed by atoms with Gasteiger partial charge in [0.15, 0.2) is 0 Å². The number of halogens is 3. The Bertz CT molecular complexity index is 781. The standard InChI is InChI=1S/C15H21F3N2O2.C4H4O4/c1-21-10-3-2-4-14(20-22-11-9-19)12-5-7-13(8-6-12)15(16,17)18;5-3(6)1-2-4(7)8/h5-8H,2-4,9-11,19H2,1H3;1-2H,(H,5,6)(H,7,8)/b20-14-;2-1-/i1+1D3;. The number of rotatable bonds is 11. The zero-order valence-corrected chi connectivity index (χ0v) is 15.9. The van der Waals surface area contributed by atoms with Crippen LogP contribution in [-0.4, -0.2) is 54.7 Å². The van der Waals surface area contributed by atoms with Crippen molar-refractivity contribution in [1.82, 2.24) is 0 Å². The molecule has 0 unspecified atom stereocenters. The Labute approximate surface area is 176 Å². The number of oxime groups is 1. The predicted molar refractivity (Wildman–Crippen MR) is 103 cm³/mol. The summed E-state index contributed by atoms with van der Waals surface area (Å²) in [4.78, 5) is 24.1. The summed E-state index contributed by atoms with van der Waals surface area (Å²) in [6.45, 7) is 0.503. The molecule has 0 aliphatic rings. The van der Waals surface area contributed by atoms with E-state index in [0.29, 0.717) is 42.7 Å². The molecule has 8 nitrogen and oxygen atoms in total. The number of nitrogens with zero attached hydrogens (tertiary/aromatic N) is 1. The van der Waals surface area contributed by atoms with Gasteiger partial charge in [0.25, 0.3) is 0 Å². The number of carboxylic acid groups (broad SMARTS) is 2. The average Bonchev–Trinajstić information content (AvgIpc) is 2.70. The van der Waals surface area contributed by atoms with Gasteiger partial charge in [-0.15, -0.1) is 0 Å². The van der Waals surface area contributed by atoms with Gasteiger partial charge in [0.2, 0.25) is 0 Å². The van der Waals surface area contributed by atoms with Crippen molar-refractivity contribution in [2.45, 2.75) is 25.4 Å². The zero-order chi connectivity index (χ0) is 25.5. The van der Waals surface area contributed by atoms with E-state index >= 15 is 0 Å². The van der Waals surface area contributed by atoms with Crippen molar-refractivity contribution in [2.75, 3.05) is 26.8 Å². The number of carboxylic acids is 2. The smallest absolute Gasteiger partial charge is 0.416 e. The van der Waals surface area contributed by atoms with Crippen LogP contribution in [0.15, 0.2) is 41.6 Å². The fraction of sp³-hybridized carbons (Fsp3) is 0.421.